The maximum absolute atomic E-state index is 11.0. The summed E-state index contributed by atoms with van der Waals surface area (Å²) >= 11 is 0. The van der Waals surface area contributed by atoms with E-state index in [-0.39, 0.29) is 0 Å². The largest absolute Gasteiger partial charge is 0.385 e. The van der Waals surface area contributed by atoms with E-state index >= 15 is 0 Å². The van der Waals surface area contributed by atoms with Gasteiger partial charge in [-0.2, -0.15) is 0 Å². The third-order valence-corrected chi connectivity index (χ3v) is 4.37. The summed E-state index contributed by atoms with van der Waals surface area (Å²) < 4.78 is 0. The molecule has 1 N–H and O–H groups in total. The van der Waals surface area contributed by atoms with Gasteiger partial charge < -0.3 is 5.11 Å². The molecule has 0 aromatic heterocycles. The van der Waals surface area contributed by atoms with Gasteiger partial charge in [-0.3, -0.25) is 0 Å². The summed E-state index contributed by atoms with van der Waals surface area (Å²) in [5.41, 5.74) is 4.34. The molecule has 1 atom stereocenters. The van der Waals surface area contributed by atoms with Gasteiger partial charge in [0.15, 0.2) is 0 Å². The molecular formula is C19H22O. The lowest BCUT2D eigenvalue weighted by Crippen LogP contribution is -2.27. The van der Waals surface area contributed by atoms with Crippen LogP contribution in [0.3, 0.4) is 0 Å². The van der Waals surface area contributed by atoms with E-state index in [2.05, 4.69) is 30.3 Å². The van der Waals surface area contributed by atoms with Crippen molar-refractivity contribution in [2.45, 2.75) is 44.6 Å². The minimum absolute atomic E-state index is 0.671. The Morgan fingerprint density at radius 1 is 0.950 bits per heavy atom. The Morgan fingerprint density at radius 2 is 1.70 bits per heavy atom. The molecule has 20 heavy (non-hydrogen) atoms. The molecule has 0 fully saturated rings. The summed E-state index contributed by atoms with van der Waals surface area (Å²) in [5, 5.41) is 11.0. The van der Waals surface area contributed by atoms with Crippen LogP contribution < -0.4 is 0 Å². The van der Waals surface area contributed by atoms with Crippen molar-refractivity contribution in [3.8, 4) is 0 Å². The van der Waals surface area contributed by atoms with Crippen molar-refractivity contribution in [3.63, 3.8) is 0 Å². The van der Waals surface area contributed by atoms with Crippen LogP contribution in [0.1, 0.15) is 42.0 Å². The van der Waals surface area contributed by atoms with Crippen molar-refractivity contribution in [1.82, 2.24) is 0 Å². The predicted octanol–water partition coefficient (Wildman–Crippen LogP) is 4.02. The van der Waals surface area contributed by atoms with Gasteiger partial charge in [0, 0.05) is 6.42 Å². The Labute approximate surface area is 121 Å². The van der Waals surface area contributed by atoms with Crippen LogP contribution in [0.25, 0.3) is 0 Å². The molecule has 3 rings (SSSR count). The van der Waals surface area contributed by atoms with Crippen molar-refractivity contribution < 1.29 is 5.11 Å². The summed E-state index contributed by atoms with van der Waals surface area (Å²) in [5.74, 6) is 0. The van der Waals surface area contributed by atoms with Crippen molar-refractivity contribution in [1.29, 1.82) is 0 Å². The quantitative estimate of drug-likeness (QED) is 0.889. The number of aryl methyl sites for hydroxylation is 1. The Morgan fingerprint density at radius 3 is 2.50 bits per heavy atom. The van der Waals surface area contributed by atoms with E-state index in [1.54, 1.807) is 0 Å². The molecule has 0 saturated heterocycles. The third kappa shape index (κ3) is 2.64. The number of fused-ring (bicyclic) bond motifs is 1. The molecule has 104 valence electrons. The van der Waals surface area contributed by atoms with Gasteiger partial charge in [0.2, 0.25) is 0 Å². The van der Waals surface area contributed by atoms with Crippen LogP contribution in [-0.2, 0) is 24.9 Å². The molecule has 1 heteroatoms. The fraction of sp³-hybridized carbons (Fsp3) is 0.368. The number of hydrogen-bond acceptors (Lipinski definition) is 1. The first kappa shape index (κ1) is 13.4. The summed E-state index contributed by atoms with van der Waals surface area (Å²) in [6, 6.07) is 16.7. The van der Waals surface area contributed by atoms with Crippen LogP contribution in [0.15, 0.2) is 48.5 Å². The first-order valence-electron chi connectivity index (χ1n) is 7.54. The molecule has 1 aliphatic carbocycles. The summed E-state index contributed by atoms with van der Waals surface area (Å²) in [7, 11) is 0. The molecular weight excluding hydrogens is 244 g/mol. The average molecular weight is 266 g/mol. The molecule has 0 amide bonds. The van der Waals surface area contributed by atoms with Gasteiger partial charge in [-0.25, -0.2) is 0 Å². The van der Waals surface area contributed by atoms with E-state index in [0.717, 1.165) is 18.4 Å². The maximum Gasteiger partial charge on any atom is 0.0911 e. The topological polar surface area (TPSA) is 20.2 Å². The van der Waals surface area contributed by atoms with Crippen molar-refractivity contribution in [2.24, 2.45) is 0 Å². The molecule has 0 bridgehead atoms. The Hall–Kier alpha value is -1.60. The Balaban J connectivity index is 1.95. The van der Waals surface area contributed by atoms with E-state index < -0.39 is 5.60 Å². The lowest BCUT2D eigenvalue weighted by Gasteiger charge is -2.29. The molecule has 0 heterocycles. The molecule has 0 unspecified atom stereocenters. The minimum atomic E-state index is -0.788. The second-order valence-corrected chi connectivity index (χ2v) is 6.09. The van der Waals surface area contributed by atoms with Crippen LogP contribution in [0.5, 0.6) is 0 Å². The van der Waals surface area contributed by atoms with Gasteiger partial charge in [-0.1, -0.05) is 48.5 Å². The molecule has 2 aromatic carbocycles. The monoisotopic (exact) mass is 266 g/mol. The fourth-order valence-corrected chi connectivity index (χ4v) is 3.37. The Kier molecular flexibility index (Phi) is 3.62. The highest BCUT2D eigenvalue weighted by Gasteiger charge is 2.28. The fourth-order valence-electron chi connectivity index (χ4n) is 3.37. The average Bonchev–Trinajstić information content (AvgIpc) is 2.47. The van der Waals surface area contributed by atoms with Crippen LogP contribution in [-0.4, -0.2) is 5.11 Å². The first-order chi connectivity index (χ1) is 9.67. The van der Waals surface area contributed by atoms with Gasteiger partial charge in [0.1, 0.15) is 0 Å². The van der Waals surface area contributed by atoms with E-state index in [0.29, 0.717) is 6.42 Å². The highest BCUT2D eigenvalue weighted by atomic mass is 16.3. The van der Waals surface area contributed by atoms with Crippen LogP contribution >= 0.6 is 0 Å². The molecule has 0 aliphatic heterocycles. The van der Waals surface area contributed by atoms with Crippen molar-refractivity contribution in [3.05, 3.63) is 70.8 Å². The predicted molar refractivity (Wildman–Crippen MR) is 82.8 cm³/mol. The van der Waals surface area contributed by atoms with Gasteiger partial charge in [0.25, 0.3) is 0 Å². The third-order valence-electron chi connectivity index (χ3n) is 4.37. The molecule has 0 saturated carbocycles. The van der Waals surface area contributed by atoms with E-state index in [9.17, 15) is 5.11 Å². The standard InChI is InChI=1S/C19H22O/c1-19(20,14-15-8-3-2-4-9-15)18-13-7-11-16-10-5-6-12-17(16)18/h2-4,7-9,11,13,20H,5-6,10,12,14H2,1H3/t19-/m0/s1. The SMILES string of the molecule is C[C@](O)(Cc1ccccc1)c1cccc2c1CCCC2. The number of hydrogen-bond donors (Lipinski definition) is 1. The summed E-state index contributed by atoms with van der Waals surface area (Å²) in [6.07, 6.45) is 5.45. The summed E-state index contributed by atoms with van der Waals surface area (Å²) in [4.78, 5) is 0. The van der Waals surface area contributed by atoms with Crippen molar-refractivity contribution in [2.75, 3.05) is 0 Å². The normalized spacial score (nSPS) is 17.3. The zero-order valence-electron chi connectivity index (χ0n) is 12.1. The van der Waals surface area contributed by atoms with E-state index in [4.69, 9.17) is 0 Å². The van der Waals surface area contributed by atoms with Gasteiger partial charge in [0.05, 0.1) is 5.60 Å². The van der Waals surface area contributed by atoms with Gasteiger partial charge in [-0.15, -0.1) is 0 Å². The molecule has 2 aromatic rings. The summed E-state index contributed by atoms with van der Waals surface area (Å²) in [6.45, 7) is 1.95. The molecule has 0 radical (unpaired) electrons. The highest BCUT2D eigenvalue weighted by Crippen LogP contribution is 2.33. The number of rotatable bonds is 3. The highest BCUT2D eigenvalue weighted by molar-refractivity contribution is 5.41. The molecule has 1 aliphatic rings. The second-order valence-electron chi connectivity index (χ2n) is 6.09. The molecule has 1 nitrogen and oxygen atoms in total. The van der Waals surface area contributed by atoms with E-state index in [1.165, 1.54) is 29.5 Å². The zero-order valence-corrected chi connectivity index (χ0v) is 12.1. The molecule has 0 spiro atoms. The van der Waals surface area contributed by atoms with Crippen LogP contribution in [0.4, 0.5) is 0 Å². The second kappa shape index (κ2) is 5.41. The van der Waals surface area contributed by atoms with Crippen LogP contribution in [0, 0.1) is 0 Å². The number of benzene rings is 2. The van der Waals surface area contributed by atoms with E-state index in [1.807, 2.05) is 25.1 Å². The lowest BCUT2D eigenvalue weighted by molar-refractivity contribution is 0.0564. The van der Waals surface area contributed by atoms with Crippen molar-refractivity contribution >= 4 is 0 Å². The minimum Gasteiger partial charge on any atom is -0.385 e. The van der Waals surface area contributed by atoms with Gasteiger partial charge in [-0.05, 0) is 54.9 Å². The maximum atomic E-state index is 11.0. The first-order valence-corrected chi connectivity index (χ1v) is 7.54. The lowest BCUT2D eigenvalue weighted by atomic mass is 9.80. The van der Waals surface area contributed by atoms with Crippen LogP contribution in [0.2, 0.25) is 0 Å². The van der Waals surface area contributed by atoms with Gasteiger partial charge >= 0.3 is 0 Å². The Bertz CT molecular complexity index is 584. The zero-order chi connectivity index (χ0) is 14.0. The number of aliphatic hydroxyl groups is 1. The smallest absolute Gasteiger partial charge is 0.0911 e.